The summed E-state index contributed by atoms with van der Waals surface area (Å²) in [5.74, 6) is -0.230. The van der Waals surface area contributed by atoms with Gasteiger partial charge in [0.05, 0.1) is 16.3 Å². The number of fused-ring (bicyclic) bond motifs is 1. The molecule has 2 N–H and O–H groups in total. The lowest BCUT2D eigenvalue weighted by Gasteiger charge is -2.07. The number of aromatic amines is 1. The summed E-state index contributed by atoms with van der Waals surface area (Å²) in [6.07, 6.45) is 0. The number of aromatic hydroxyl groups is 1. The van der Waals surface area contributed by atoms with Crippen LogP contribution in [-0.2, 0) is 10.8 Å². The second kappa shape index (κ2) is 4.94. The van der Waals surface area contributed by atoms with E-state index in [4.69, 9.17) is 0 Å². The Labute approximate surface area is 117 Å². The van der Waals surface area contributed by atoms with Crippen LogP contribution in [0.3, 0.4) is 0 Å². The number of nitrogens with one attached hydrogen (secondary N) is 1. The molecule has 0 radical (unpaired) electrons. The van der Waals surface area contributed by atoms with E-state index in [1.165, 1.54) is 0 Å². The van der Waals surface area contributed by atoms with Crippen molar-refractivity contribution in [1.82, 2.24) is 4.98 Å². The van der Waals surface area contributed by atoms with E-state index in [1.807, 2.05) is 0 Å². The summed E-state index contributed by atoms with van der Waals surface area (Å²) in [5.41, 5.74) is -0.0211. The molecule has 100 valence electrons. The molecule has 0 aliphatic heterocycles. The minimum atomic E-state index is -1.72. The first-order valence-corrected chi connectivity index (χ1v) is 7.14. The Morgan fingerprint density at radius 3 is 2.35 bits per heavy atom. The fourth-order valence-electron chi connectivity index (χ4n) is 2.04. The molecule has 0 saturated carbocycles. The van der Waals surface area contributed by atoms with Gasteiger partial charge >= 0.3 is 0 Å². The zero-order valence-corrected chi connectivity index (χ0v) is 11.2. The number of pyridine rings is 1. The van der Waals surface area contributed by atoms with Crippen LogP contribution in [0.2, 0.25) is 0 Å². The molecular weight excluding hydrogens is 274 g/mol. The lowest BCUT2D eigenvalue weighted by molar-refractivity contribution is 0.465. The van der Waals surface area contributed by atoms with Gasteiger partial charge in [-0.05, 0) is 24.3 Å². The lowest BCUT2D eigenvalue weighted by Crippen LogP contribution is -2.14. The topological polar surface area (TPSA) is 70.2 Å². The predicted molar refractivity (Wildman–Crippen MR) is 77.3 cm³/mol. The second-order valence-corrected chi connectivity index (χ2v) is 5.68. The second-order valence-electron chi connectivity index (χ2n) is 4.26. The molecule has 0 saturated heterocycles. The average Bonchev–Trinajstić information content (AvgIpc) is 2.48. The first kappa shape index (κ1) is 12.6. The van der Waals surface area contributed by atoms with Crippen LogP contribution < -0.4 is 5.56 Å². The number of hydrogen-bond acceptors (Lipinski definition) is 3. The number of rotatable bonds is 2. The Bertz CT molecular complexity index is 856. The standard InChI is InChI=1S/C15H11NO3S/c17-13-11-8-4-5-9-12(11)16-15(18)14(13)20(19)10-6-2-1-3-7-10/h1-9H,(H2,16,17,18). The van der Waals surface area contributed by atoms with Gasteiger partial charge in [-0.15, -0.1) is 0 Å². The third-order valence-electron chi connectivity index (χ3n) is 2.99. The molecule has 0 aliphatic rings. The van der Waals surface area contributed by atoms with Gasteiger partial charge in [0.2, 0.25) is 0 Å². The molecule has 1 unspecified atom stereocenters. The van der Waals surface area contributed by atoms with Gasteiger partial charge < -0.3 is 10.1 Å². The van der Waals surface area contributed by atoms with Crippen LogP contribution in [0.15, 0.2) is 69.2 Å². The highest BCUT2D eigenvalue weighted by Gasteiger charge is 2.18. The zero-order chi connectivity index (χ0) is 14.1. The Morgan fingerprint density at radius 1 is 0.950 bits per heavy atom. The molecule has 4 nitrogen and oxygen atoms in total. The van der Waals surface area contributed by atoms with E-state index in [0.717, 1.165) is 0 Å². The summed E-state index contributed by atoms with van der Waals surface area (Å²) in [6.45, 7) is 0. The van der Waals surface area contributed by atoms with Gasteiger partial charge in [-0.1, -0.05) is 30.3 Å². The van der Waals surface area contributed by atoms with Crippen molar-refractivity contribution in [3.05, 3.63) is 65.0 Å². The van der Waals surface area contributed by atoms with E-state index >= 15 is 0 Å². The van der Waals surface area contributed by atoms with Gasteiger partial charge in [-0.25, -0.2) is 4.21 Å². The van der Waals surface area contributed by atoms with Crippen molar-refractivity contribution < 1.29 is 9.32 Å². The minimum absolute atomic E-state index is 0.116. The van der Waals surface area contributed by atoms with Crippen LogP contribution in [0.1, 0.15) is 0 Å². The number of benzene rings is 2. The summed E-state index contributed by atoms with van der Waals surface area (Å²) in [5, 5.41) is 10.7. The summed E-state index contributed by atoms with van der Waals surface area (Å²) >= 11 is 0. The van der Waals surface area contributed by atoms with Gasteiger partial charge in [-0.2, -0.15) is 0 Å². The summed E-state index contributed by atoms with van der Waals surface area (Å²) in [4.78, 5) is 15.1. The normalized spacial score (nSPS) is 12.4. The first-order chi connectivity index (χ1) is 9.68. The fraction of sp³-hybridized carbons (Fsp3) is 0. The lowest BCUT2D eigenvalue weighted by atomic mass is 10.2. The van der Waals surface area contributed by atoms with Crippen molar-refractivity contribution in [3.8, 4) is 5.75 Å². The maximum absolute atomic E-state index is 12.5. The van der Waals surface area contributed by atoms with Crippen LogP contribution >= 0.6 is 0 Å². The molecular formula is C15H11NO3S. The number of aromatic nitrogens is 1. The molecule has 1 heterocycles. The van der Waals surface area contributed by atoms with Crippen LogP contribution in [-0.4, -0.2) is 14.3 Å². The van der Waals surface area contributed by atoms with Crippen molar-refractivity contribution in [2.24, 2.45) is 0 Å². The smallest absolute Gasteiger partial charge is 0.268 e. The van der Waals surface area contributed by atoms with Crippen LogP contribution in [0.5, 0.6) is 5.75 Å². The summed E-state index contributed by atoms with van der Waals surface area (Å²) in [7, 11) is -1.72. The van der Waals surface area contributed by atoms with Crippen molar-refractivity contribution >= 4 is 21.7 Å². The Hall–Kier alpha value is -2.40. The van der Waals surface area contributed by atoms with Crippen LogP contribution in [0.25, 0.3) is 10.9 Å². The van der Waals surface area contributed by atoms with E-state index in [2.05, 4.69) is 4.98 Å². The third-order valence-corrected chi connectivity index (χ3v) is 4.44. The highest BCUT2D eigenvalue weighted by molar-refractivity contribution is 7.85. The highest BCUT2D eigenvalue weighted by Crippen LogP contribution is 2.28. The molecule has 2 aromatic carbocycles. The molecule has 0 bridgehead atoms. The van der Waals surface area contributed by atoms with Crippen LogP contribution in [0.4, 0.5) is 0 Å². The largest absolute Gasteiger partial charge is 0.506 e. The SMILES string of the molecule is O=c1[nH]c2ccccc2c(O)c1S(=O)c1ccccc1. The van der Waals surface area contributed by atoms with Gasteiger partial charge in [0.25, 0.3) is 5.56 Å². The molecule has 0 aliphatic carbocycles. The highest BCUT2D eigenvalue weighted by atomic mass is 32.2. The molecule has 1 atom stereocenters. The van der Waals surface area contributed by atoms with Crippen molar-refractivity contribution in [1.29, 1.82) is 0 Å². The molecule has 3 aromatic rings. The minimum Gasteiger partial charge on any atom is -0.506 e. The van der Waals surface area contributed by atoms with Crippen molar-refractivity contribution in [3.63, 3.8) is 0 Å². The predicted octanol–water partition coefficient (Wildman–Crippen LogP) is 2.40. The summed E-state index contributed by atoms with van der Waals surface area (Å²) < 4.78 is 12.5. The number of H-pyrrole nitrogens is 1. The maximum Gasteiger partial charge on any atom is 0.268 e. The quantitative estimate of drug-likeness (QED) is 0.759. The van der Waals surface area contributed by atoms with E-state index in [0.29, 0.717) is 15.8 Å². The molecule has 5 heteroatoms. The molecule has 0 amide bonds. The first-order valence-electron chi connectivity index (χ1n) is 5.99. The molecule has 0 fully saturated rings. The van der Waals surface area contributed by atoms with Gasteiger partial charge in [0, 0.05) is 10.3 Å². The third kappa shape index (κ3) is 2.02. The average molecular weight is 285 g/mol. The Balaban J connectivity index is 2.27. The maximum atomic E-state index is 12.5. The van der Waals surface area contributed by atoms with E-state index in [1.54, 1.807) is 54.6 Å². The zero-order valence-electron chi connectivity index (χ0n) is 10.4. The molecule has 3 rings (SSSR count). The summed E-state index contributed by atoms with van der Waals surface area (Å²) in [6, 6.07) is 15.4. The van der Waals surface area contributed by atoms with Crippen molar-refractivity contribution in [2.45, 2.75) is 9.79 Å². The Morgan fingerprint density at radius 2 is 1.60 bits per heavy atom. The van der Waals surface area contributed by atoms with E-state index < -0.39 is 16.4 Å². The van der Waals surface area contributed by atoms with Gasteiger partial charge in [0.1, 0.15) is 5.75 Å². The molecule has 0 spiro atoms. The molecule has 1 aromatic heterocycles. The molecule has 20 heavy (non-hydrogen) atoms. The Kier molecular flexibility index (Phi) is 3.12. The van der Waals surface area contributed by atoms with Crippen LogP contribution in [0, 0.1) is 0 Å². The monoisotopic (exact) mass is 285 g/mol. The fourth-order valence-corrected chi connectivity index (χ4v) is 3.19. The van der Waals surface area contributed by atoms with E-state index in [-0.39, 0.29) is 10.6 Å². The number of hydrogen-bond donors (Lipinski definition) is 2. The van der Waals surface area contributed by atoms with E-state index in [9.17, 15) is 14.1 Å². The van der Waals surface area contributed by atoms with Crippen molar-refractivity contribution in [2.75, 3.05) is 0 Å². The number of para-hydroxylation sites is 1. The van der Waals surface area contributed by atoms with Gasteiger partial charge in [-0.3, -0.25) is 4.79 Å². The van der Waals surface area contributed by atoms with Gasteiger partial charge in [0.15, 0.2) is 4.90 Å².